The maximum atomic E-state index is 12.3. The molecule has 1 saturated heterocycles. The Bertz CT molecular complexity index is 938. The number of ether oxygens (including phenoxy) is 1. The predicted octanol–water partition coefficient (Wildman–Crippen LogP) is 3.06. The van der Waals surface area contributed by atoms with Gasteiger partial charge in [0, 0.05) is 37.7 Å². The van der Waals surface area contributed by atoms with Crippen molar-refractivity contribution >= 4 is 27.4 Å². The average molecular weight is 417 g/mol. The van der Waals surface area contributed by atoms with E-state index in [2.05, 4.69) is 15.0 Å². The van der Waals surface area contributed by atoms with Gasteiger partial charge in [-0.15, -0.1) is 0 Å². The molecule has 0 atom stereocenters. The summed E-state index contributed by atoms with van der Waals surface area (Å²) in [4.78, 5) is 18.3. The van der Waals surface area contributed by atoms with E-state index in [1.54, 1.807) is 17.0 Å². The summed E-state index contributed by atoms with van der Waals surface area (Å²) in [6.07, 6.45) is 4.28. The van der Waals surface area contributed by atoms with Gasteiger partial charge in [-0.05, 0) is 31.0 Å². The Hall–Kier alpha value is -2.81. The van der Waals surface area contributed by atoms with Crippen LogP contribution in [0.3, 0.4) is 0 Å². The number of pyridine rings is 1. The number of urea groups is 1. The second-order valence-corrected chi connectivity index (χ2v) is 9.29. The van der Waals surface area contributed by atoms with Crippen molar-refractivity contribution in [3.8, 4) is 5.88 Å². The van der Waals surface area contributed by atoms with Gasteiger partial charge < -0.3 is 15.0 Å². The monoisotopic (exact) mass is 416 g/mol. The number of nitrogens with one attached hydrogen (secondary N) is 2. The Balaban J connectivity index is 1.24. The second kappa shape index (κ2) is 8.28. The fraction of sp³-hybridized carbons (Fsp3) is 0.400. The van der Waals surface area contributed by atoms with Gasteiger partial charge in [-0.1, -0.05) is 18.2 Å². The van der Waals surface area contributed by atoms with Crippen molar-refractivity contribution in [3.63, 3.8) is 0 Å². The first kappa shape index (κ1) is 19.5. The Morgan fingerprint density at radius 3 is 2.34 bits per heavy atom. The number of rotatable bonds is 6. The number of sulfonamides is 1. The van der Waals surface area contributed by atoms with E-state index >= 15 is 0 Å². The minimum absolute atomic E-state index is 0.0303. The molecule has 2 aromatic rings. The first-order valence-corrected chi connectivity index (χ1v) is 11.3. The van der Waals surface area contributed by atoms with Gasteiger partial charge in [0.05, 0.1) is 17.1 Å². The van der Waals surface area contributed by atoms with Crippen LogP contribution in [0.5, 0.6) is 5.88 Å². The number of anilines is 2. The molecule has 2 fully saturated rings. The zero-order valence-corrected chi connectivity index (χ0v) is 16.8. The van der Waals surface area contributed by atoms with E-state index in [0.717, 1.165) is 5.69 Å². The number of nitrogens with zero attached hydrogens (tertiary/aromatic N) is 2. The van der Waals surface area contributed by atoms with Crippen molar-refractivity contribution < 1.29 is 17.9 Å². The third-order valence-electron chi connectivity index (χ3n) is 5.00. The van der Waals surface area contributed by atoms with Gasteiger partial charge in [0.15, 0.2) is 0 Å². The quantitative estimate of drug-likeness (QED) is 0.754. The molecular formula is C20H24N4O4S. The maximum absolute atomic E-state index is 12.3. The van der Waals surface area contributed by atoms with Crippen LogP contribution in [0, 0.1) is 0 Å². The second-order valence-electron chi connectivity index (χ2n) is 7.33. The zero-order valence-electron chi connectivity index (χ0n) is 16.0. The molecule has 4 rings (SSSR count). The highest BCUT2D eigenvalue weighted by Crippen LogP contribution is 2.29. The van der Waals surface area contributed by atoms with Crippen molar-refractivity contribution in [2.45, 2.75) is 37.0 Å². The topological polar surface area (TPSA) is 101 Å². The Morgan fingerprint density at radius 2 is 1.72 bits per heavy atom. The third-order valence-corrected chi connectivity index (χ3v) is 6.87. The Morgan fingerprint density at radius 1 is 1.00 bits per heavy atom. The number of amides is 2. The van der Waals surface area contributed by atoms with Crippen molar-refractivity contribution in [1.29, 1.82) is 0 Å². The van der Waals surface area contributed by atoms with Crippen LogP contribution in [-0.2, 0) is 10.0 Å². The molecule has 0 spiro atoms. The average Bonchev–Trinajstić information content (AvgIpc) is 3.57. The molecule has 154 valence electrons. The highest BCUT2D eigenvalue weighted by Gasteiger charge is 2.35. The SMILES string of the molecule is O=C(Nc1ccccc1)N1CCC(Oc2ccc(NS(=O)(=O)C3CC3)cn2)CC1. The van der Waals surface area contributed by atoms with Gasteiger partial charge >= 0.3 is 6.03 Å². The fourth-order valence-electron chi connectivity index (χ4n) is 3.21. The van der Waals surface area contributed by atoms with Crippen LogP contribution >= 0.6 is 0 Å². The molecule has 1 aromatic carbocycles. The molecule has 2 aliphatic rings. The number of hydrogen-bond acceptors (Lipinski definition) is 5. The van der Waals surface area contributed by atoms with Gasteiger partial charge in [0.25, 0.3) is 0 Å². The third kappa shape index (κ3) is 5.17. The summed E-state index contributed by atoms with van der Waals surface area (Å²) in [6.45, 7) is 1.20. The highest BCUT2D eigenvalue weighted by atomic mass is 32.2. The number of aromatic nitrogens is 1. The number of carbonyl (C=O) groups is 1. The van der Waals surface area contributed by atoms with Crippen LogP contribution in [0.15, 0.2) is 48.7 Å². The Labute approximate surface area is 170 Å². The molecule has 2 amide bonds. The van der Waals surface area contributed by atoms with Gasteiger partial charge in [0.1, 0.15) is 6.10 Å². The Kier molecular flexibility index (Phi) is 5.57. The van der Waals surface area contributed by atoms with Gasteiger partial charge in [0.2, 0.25) is 15.9 Å². The minimum atomic E-state index is -3.29. The molecule has 9 heteroatoms. The summed E-state index contributed by atoms with van der Waals surface area (Å²) in [6, 6.07) is 12.6. The lowest BCUT2D eigenvalue weighted by molar-refractivity contribution is 0.111. The zero-order chi connectivity index (χ0) is 20.3. The van der Waals surface area contributed by atoms with E-state index in [1.807, 2.05) is 30.3 Å². The molecular weight excluding hydrogens is 392 g/mol. The molecule has 1 aliphatic carbocycles. The van der Waals surface area contributed by atoms with Crippen molar-refractivity contribution in [1.82, 2.24) is 9.88 Å². The summed E-state index contributed by atoms with van der Waals surface area (Å²) >= 11 is 0. The molecule has 1 saturated carbocycles. The molecule has 1 aromatic heterocycles. The predicted molar refractivity (Wildman–Crippen MR) is 110 cm³/mol. The normalized spacial score (nSPS) is 17.6. The van der Waals surface area contributed by atoms with E-state index in [1.165, 1.54) is 6.20 Å². The fourth-order valence-corrected chi connectivity index (χ4v) is 4.58. The molecule has 29 heavy (non-hydrogen) atoms. The molecule has 0 radical (unpaired) electrons. The van der Waals surface area contributed by atoms with E-state index in [-0.39, 0.29) is 17.4 Å². The van der Waals surface area contributed by atoms with Crippen molar-refractivity contribution in [3.05, 3.63) is 48.7 Å². The van der Waals surface area contributed by atoms with Gasteiger partial charge in [-0.3, -0.25) is 4.72 Å². The van der Waals surface area contributed by atoms with Crippen LogP contribution in [0.2, 0.25) is 0 Å². The number of likely N-dealkylation sites (tertiary alicyclic amines) is 1. The molecule has 0 bridgehead atoms. The number of benzene rings is 1. The summed E-state index contributed by atoms with van der Waals surface area (Å²) in [5.41, 5.74) is 1.22. The van der Waals surface area contributed by atoms with E-state index < -0.39 is 10.0 Å². The van der Waals surface area contributed by atoms with Crippen molar-refractivity contribution in [2.75, 3.05) is 23.1 Å². The largest absolute Gasteiger partial charge is 0.474 e. The number of carbonyl (C=O) groups excluding carboxylic acids is 1. The molecule has 1 aliphatic heterocycles. The standard InChI is InChI=1S/C20H24N4O4S/c25-20(22-15-4-2-1-3-5-15)24-12-10-17(11-13-24)28-19-9-6-16(14-21-19)23-29(26,27)18-7-8-18/h1-6,9,14,17-18,23H,7-8,10-13H2,(H,22,25). The van der Waals surface area contributed by atoms with E-state index in [0.29, 0.717) is 50.3 Å². The van der Waals surface area contributed by atoms with Crippen LogP contribution in [0.1, 0.15) is 25.7 Å². The van der Waals surface area contributed by atoms with E-state index in [4.69, 9.17) is 4.74 Å². The summed E-state index contributed by atoms with van der Waals surface area (Å²) in [5, 5.41) is 2.62. The lowest BCUT2D eigenvalue weighted by atomic mass is 10.1. The van der Waals surface area contributed by atoms with Crippen LogP contribution in [0.4, 0.5) is 16.2 Å². The summed E-state index contributed by atoms with van der Waals surface area (Å²) in [5.74, 6) is 0.451. The van der Waals surface area contributed by atoms with Gasteiger partial charge in [-0.25, -0.2) is 18.2 Å². The number of hydrogen-bond donors (Lipinski definition) is 2. The first-order chi connectivity index (χ1) is 14.0. The summed E-state index contributed by atoms with van der Waals surface area (Å²) in [7, 11) is -3.29. The van der Waals surface area contributed by atoms with Gasteiger partial charge in [-0.2, -0.15) is 0 Å². The number of piperidine rings is 1. The first-order valence-electron chi connectivity index (χ1n) is 9.75. The van der Waals surface area contributed by atoms with Crippen LogP contribution in [0.25, 0.3) is 0 Å². The van der Waals surface area contributed by atoms with Crippen molar-refractivity contribution in [2.24, 2.45) is 0 Å². The van der Waals surface area contributed by atoms with Crippen LogP contribution < -0.4 is 14.8 Å². The minimum Gasteiger partial charge on any atom is -0.474 e. The number of para-hydroxylation sites is 1. The molecule has 8 nitrogen and oxygen atoms in total. The summed E-state index contributed by atoms with van der Waals surface area (Å²) < 4.78 is 32.4. The van der Waals surface area contributed by atoms with Crippen LogP contribution in [-0.4, -0.2) is 48.8 Å². The highest BCUT2D eigenvalue weighted by molar-refractivity contribution is 7.93. The lowest BCUT2D eigenvalue weighted by Crippen LogP contribution is -2.43. The molecule has 2 heterocycles. The maximum Gasteiger partial charge on any atom is 0.321 e. The smallest absolute Gasteiger partial charge is 0.321 e. The molecule has 0 unspecified atom stereocenters. The lowest BCUT2D eigenvalue weighted by Gasteiger charge is -2.32. The van der Waals surface area contributed by atoms with E-state index in [9.17, 15) is 13.2 Å². The molecule has 2 N–H and O–H groups in total.